The van der Waals surface area contributed by atoms with Crippen molar-refractivity contribution in [2.24, 2.45) is 9.81 Å². The average molecular weight is 261 g/mol. The molecular formula is C11H23N3O2S. The largest absolute Gasteiger partial charge is 0.323 e. The first-order valence-corrected chi connectivity index (χ1v) is 7.01. The zero-order valence-corrected chi connectivity index (χ0v) is 12.0. The van der Waals surface area contributed by atoms with Gasteiger partial charge in [-0.05, 0) is 32.4 Å². The molecule has 0 atom stereocenters. The summed E-state index contributed by atoms with van der Waals surface area (Å²) in [6, 6.07) is 2.05. The first-order valence-electron chi connectivity index (χ1n) is 5.41. The minimum Gasteiger partial charge on any atom is -0.323 e. The van der Waals surface area contributed by atoms with Crippen LogP contribution in [0.15, 0.2) is 4.40 Å². The van der Waals surface area contributed by atoms with Gasteiger partial charge in [-0.1, -0.05) is 13.8 Å². The van der Waals surface area contributed by atoms with Gasteiger partial charge in [0.1, 0.15) is 0 Å². The summed E-state index contributed by atoms with van der Waals surface area (Å²) in [5.41, 5.74) is -0.131. The third-order valence-corrected chi connectivity index (χ3v) is 3.26. The molecule has 0 aliphatic heterocycles. The van der Waals surface area contributed by atoms with E-state index in [0.717, 1.165) is 0 Å². The summed E-state index contributed by atoms with van der Waals surface area (Å²) in [6.45, 7) is 6.90. The number of nitrogens with one attached hydrogen (secondary N) is 1. The van der Waals surface area contributed by atoms with Gasteiger partial charge in [0.05, 0.1) is 11.8 Å². The van der Waals surface area contributed by atoms with Crippen LogP contribution in [0.2, 0.25) is 0 Å². The monoisotopic (exact) mass is 261 g/mol. The first kappa shape index (κ1) is 18.4. The summed E-state index contributed by atoms with van der Waals surface area (Å²) >= 11 is 0. The molecular weight excluding hydrogens is 238 g/mol. The van der Waals surface area contributed by atoms with Crippen LogP contribution in [0, 0.1) is 16.7 Å². The highest BCUT2D eigenvalue weighted by atomic mass is 32.2. The number of nitriles is 1. The Morgan fingerprint density at radius 1 is 1.35 bits per heavy atom. The Kier molecular flexibility index (Phi) is 9.91. The number of sulfonamides is 1. The van der Waals surface area contributed by atoms with Crippen molar-refractivity contribution in [2.75, 3.05) is 19.8 Å². The van der Waals surface area contributed by atoms with E-state index in [9.17, 15) is 8.42 Å². The van der Waals surface area contributed by atoms with Crippen LogP contribution in [0.3, 0.4) is 0 Å². The molecule has 0 heterocycles. The fourth-order valence-corrected chi connectivity index (χ4v) is 1.93. The third-order valence-electron chi connectivity index (χ3n) is 2.15. The van der Waals surface area contributed by atoms with E-state index in [0.29, 0.717) is 19.3 Å². The van der Waals surface area contributed by atoms with Gasteiger partial charge in [-0.15, -0.1) is 0 Å². The zero-order valence-electron chi connectivity index (χ0n) is 11.2. The van der Waals surface area contributed by atoms with Crippen LogP contribution in [0.4, 0.5) is 0 Å². The highest BCUT2D eigenvalue weighted by molar-refractivity contribution is 7.90. The second kappa shape index (κ2) is 9.14. The maximum Gasteiger partial charge on any atom is 0.252 e. The maximum atomic E-state index is 11.0. The second-order valence-corrected chi connectivity index (χ2v) is 6.32. The number of nitrogens with zero attached hydrogens (tertiary/aromatic N) is 2. The minimum absolute atomic E-state index is 0.00886. The van der Waals surface area contributed by atoms with E-state index in [2.05, 4.69) is 16.4 Å². The van der Waals surface area contributed by atoms with E-state index in [1.807, 2.05) is 34.0 Å². The molecule has 0 bridgehead atoms. The predicted octanol–water partition coefficient (Wildman–Crippen LogP) is 1.57. The molecule has 0 aliphatic rings. The molecule has 100 valence electrons. The Morgan fingerprint density at radius 2 is 1.82 bits per heavy atom. The van der Waals surface area contributed by atoms with Crippen molar-refractivity contribution in [3.05, 3.63) is 0 Å². The number of hydrogen-bond acceptors (Lipinski definition) is 4. The van der Waals surface area contributed by atoms with Crippen molar-refractivity contribution < 1.29 is 8.42 Å². The fraction of sp³-hybridized carbons (Fsp3) is 0.818. The Balaban J connectivity index is 0. The van der Waals surface area contributed by atoms with E-state index in [4.69, 9.17) is 5.26 Å². The second-order valence-electron chi connectivity index (χ2n) is 4.49. The van der Waals surface area contributed by atoms with Gasteiger partial charge in [-0.2, -0.15) is 9.66 Å². The normalized spacial score (nSPS) is 11.0. The van der Waals surface area contributed by atoms with Crippen molar-refractivity contribution in [1.29, 1.82) is 5.26 Å². The molecule has 6 heteroatoms. The molecule has 0 aromatic heterocycles. The molecule has 17 heavy (non-hydrogen) atoms. The van der Waals surface area contributed by atoms with Crippen molar-refractivity contribution >= 4 is 16.7 Å². The highest BCUT2D eigenvalue weighted by Gasteiger charge is 2.20. The van der Waals surface area contributed by atoms with E-state index in [-0.39, 0.29) is 11.2 Å². The molecule has 0 aromatic rings. The van der Waals surface area contributed by atoms with Gasteiger partial charge >= 0.3 is 0 Å². The summed E-state index contributed by atoms with van der Waals surface area (Å²) in [7, 11) is 0.403. The molecule has 5 nitrogen and oxygen atoms in total. The van der Waals surface area contributed by atoms with Crippen molar-refractivity contribution in [3.63, 3.8) is 0 Å². The van der Waals surface area contributed by atoms with Gasteiger partial charge < -0.3 is 5.32 Å². The topological polar surface area (TPSA) is 82.3 Å². The van der Waals surface area contributed by atoms with Gasteiger partial charge in [0.15, 0.2) is 0 Å². The molecule has 0 amide bonds. The molecule has 0 aliphatic carbocycles. The zero-order chi connectivity index (χ0) is 13.9. The Hall–Kier alpha value is -0.930. The quantitative estimate of drug-likeness (QED) is 0.736. The van der Waals surface area contributed by atoms with E-state index >= 15 is 0 Å². The Labute approximate surface area is 105 Å². The standard InChI is InChI=1S/C9H16N2O2S.C2H7N/c1-9(2,5-4-7-10)6-8-14(12,13)11-3;1-3-2/h3-6,8H2,1-2H3;3H,1-2H3. The Morgan fingerprint density at radius 3 is 2.18 bits per heavy atom. The van der Waals surface area contributed by atoms with Crippen molar-refractivity contribution in [3.8, 4) is 6.07 Å². The van der Waals surface area contributed by atoms with Crippen molar-refractivity contribution in [1.82, 2.24) is 5.32 Å². The molecule has 0 unspecified atom stereocenters. The summed E-state index contributed by atoms with van der Waals surface area (Å²) in [6.07, 6.45) is 1.67. The SMILES string of the molecule is C=NS(=O)(=O)CCC(C)(C)CCC#N.CNC. The summed E-state index contributed by atoms with van der Waals surface area (Å²) in [5, 5.41) is 11.2. The van der Waals surface area contributed by atoms with Crippen LogP contribution in [-0.4, -0.2) is 35.0 Å². The van der Waals surface area contributed by atoms with E-state index in [1.54, 1.807) is 0 Å². The van der Waals surface area contributed by atoms with Crippen LogP contribution in [0.5, 0.6) is 0 Å². The van der Waals surface area contributed by atoms with Gasteiger partial charge in [-0.25, -0.2) is 8.42 Å². The van der Waals surface area contributed by atoms with Gasteiger partial charge in [0.25, 0.3) is 10.0 Å². The lowest BCUT2D eigenvalue weighted by atomic mass is 9.85. The molecule has 1 N–H and O–H groups in total. The molecule has 0 aromatic carbocycles. The average Bonchev–Trinajstić information content (AvgIpc) is 2.25. The summed E-state index contributed by atoms with van der Waals surface area (Å²) in [4.78, 5) is 0. The molecule has 0 spiro atoms. The fourth-order valence-electron chi connectivity index (χ4n) is 0.989. The Bertz CT molecular complexity index is 342. The van der Waals surface area contributed by atoms with Crippen LogP contribution < -0.4 is 5.32 Å². The lowest BCUT2D eigenvalue weighted by molar-refractivity contribution is 0.327. The smallest absolute Gasteiger partial charge is 0.252 e. The predicted molar refractivity (Wildman–Crippen MR) is 71.6 cm³/mol. The first-order chi connectivity index (χ1) is 7.74. The van der Waals surface area contributed by atoms with E-state index < -0.39 is 10.0 Å². The molecule has 0 radical (unpaired) electrons. The van der Waals surface area contributed by atoms with Crippen LogP contribution >= 0.6 is 0 Å². The highest BCUT2D eigenvalue weighted by Crippen LogP contribution is 2.27. The summed E-state index contributed by atoms with van der Waals surface area (Å²) < 4.78 is 25.1. The third kappa shape index (κ3) is 13.0. The van der Waals surface area contributed by atoms with Gasteiger partial charge in [0, 0.05) is 13.1 Å². The van der Waals surface area contributed by atoms with Crippen LogP contribution in [0.25, 0.3) is 0 Å². The lowest BCUT2D eigenvalue weighted by Gasteiger charge is -2.22. The van der Waals surface area contributed by atoms with Crippen LogP contribution in [0.1, 0.15) is 33.1 Å². The molecule has 0 fully saturated rings. The van der Waals surface area contributed by atoms with E-state index in [1.165, 1.54) is 0 Å². The minimum atomic E-state index is -3.35. The molecule has 0 saturated carbocycles. The number of rotatable bonds is 6. The van der Waals surface area contributed by atoms with Crippen LogP contribution in [-0.2, 0) is 10.0 Å². The lowest BCUT2D eigenvalue weighted by Crippen LogP contribution is -2.16. The van der Waals surface area contributed by atoms with Gasteiger partial charge in [0.2, 0.25) is 0 Å². The van der Waals surface area contributed by atoms with Gasteiger partial charge in [-0.3, -0.25) is 0 Å². The molecule has 0 saturated heterocycles. The maximum absolute atomic E-state index is 11.0. The molecule has 0 rings (SSSR count). The van der Waals surface area contributed by atoms with Crippen molar-refractivity contribution in [2.45, 2.75) is 33.1 Å². The summed E-state index contributed by atoms with van der Waals surface area (Å²) in [5.74, 6) is 0.00886. The number of hydrogen-bond donors (Lipinski definition) is 1.